The van der Waals surface area contributed by atoms with Gasteiger partial charge in [-0.3, -0.25) is 0 Å². The monoisotopic (exact) mass is 395 g/mol. The second-order valence-corrected chi connectivity index (χ2v) is 9.86. The molecule has 0 aromatic carbocycles. The molecule has 120 valence electrons. The summed E-state index contributed by atoms with van der Waals surface area (Å²) in [5, 5.41) is 5.36. The van der Waals surface area contributed by atoms with Gasteiger partial charge in [0.15, 0.2) is 0 Å². The van der Waals surface area contributed by atoms with Crippen LogP contribution in [0, 0.1) is 0 Å². The van der Waals surface area contributed by atoms with Crippen molar-refractivity contribution in [3.63, 3.8) is 0 Å². The normalized spacial score (nSPS) is 16.0. The van der Waals surface area contributed by atoms with Crippen LogP contribution >= 0.6 is 27.3 Å². The third-order valence-corrected chi connectivity index (χ3v) is 6.92. The van der Waals surface area contributed by atoms with Crippen LogP contribution in [0.2, 0.25) is 0 Å². The Kier molecular flexibility index (Phi) is 6.22. The summed E-state index contributed by atoms with van der Waals surface area (Å²) < 4.78 is 28.7. The van der Waals surface area contributed by atoms with E-state index < -0.39 is 10.2 Å². The van der Waals surface area contributed by atoms with Gasteiger partial charge < -0.3 is 5.32 Å². The molecule has 1 heterocycles. The average Bonchev–Trinajstić information content (AvgIpc) is 3.16. The Morgan fingerprint density at radius 1 is 1.38 bits per heavy atom. The Morgan fingerprint density at radius 2 is 2.10 bits per heavy atom. The molecule has 21 heavy (non-hydrogen) atoms. The van der Waals surface area contributed by atoms with E-state index in [0.29, 0.717) is 19.1 Å². The van der Waals surface area contributed by atoms with E-state index >= 15 is 0 Å². The summed E-state index contributed by atoms with van der Waals surface area (Å²) >= 11 is 4.96. The molecule has 0 amide bonds. The van der Waals surface area contributed by atoms with E-state index in [0.717, 1.165) is 22.3 Å². The second-order valence-electron chi connectivity index (χ2n) is 5.43. The van der Waals surface area contributed by atoms with Crippen molar-refractivity contribution in [3.05, 3.63) is 20.8 Å². The van der Waals surface area contributed by atoms with E-state index in [1.54, 1.807) is 25.4 Å². The van der Waals surface area contributed by atoms with Crippen LogP contribution in [-0.4, -0.2) is 50.3 Å². The maximum absolute atomic E-state index is 12.4. The first-order chi connectivity index (χ1) is 9.89. The first kappa shape index (κ1) is 17.4. The van der Waals surface area contributed by atoms with Crippen molar-refractivity contribution < 1.29 is 8.42 Å². The minimum Gasteiger partial charge on any atom is -0.314 e. The maximum Gasteiger partial charge on any atom is 0.281 e. The molecule has 0 bridgehead atoms. The molecular weight excluding hydrogens is 374 g/mol. The Labute approximate surface area is 139 Å². The van der Waals surface area contributed by atoms with Gasteiger partial charge in [0.2, 0.25) is 0 Å². The number of hydrogen-bond acceptors (Lipinski definition) is 4. The minimum atomic E-state index is -3.38. The molecule has 0 unspecified atom stereocenters. The van der Waals surface area contributed by atoms with Crippen LogP contribution in [0.3, 0.4) is 0 Å². The summed E-state index contributed by atoms with van der Waals surface area (Å²) in [4.78, 5) is 0. The fourth-order valence-corrected chi connectivity index (χ4v) is 4.36. The molecule has 1 saturated carbocycles. The van der Waals surface area contributed by atoms with Gasteiger partial charge >= 0.3 is 0 Å². The zero-order chi connectivity index (χ0) is 15.5. The van der Waals surface area contributed by atoms with Crippen LogP contribution in [0.25, 0.3) is 0 Å². The van der Waals surface area contributed by atoms with Gasteiger partial charge in [-0.1, -0.05) is 0 Å². The van der Waals surface area contributed by atoms with Crippen molar-refractivity contribution in [2.45, 2.75) is 31.8 Å². The number of nitrogens with zero attached hydrogens (tertiary/aromatic N) is 2. The maximum atomic E-state index is 12.4. The van der Waals surface area contributed by atoms with E-state index in [1.165, 1.54) is 21.5 Å². The zero-order valence-electron chi connectivity index (χ0n) is 12.4. The highest BCUT2D eigenvalue weighted by Crippen LogP contribution is 2.22. The highest BCUT2D eigenvalue weighted by molar-refractivity contribution is 9.11. The van der Waals surface area contributed by atoms with Crippen molar-refractivity contribution in [2.75, 3.05) is 27.2 Å². The molecule has 5 nitrogen and oxygen atoms in total. The molecule has 0 atom stereocenters. The van der Waals surface area contributed by atoms with Gasteiger partial charge in [-0.2, -0.15) is 17.0 Å². The number of halogens is 1. The third kappa shape index (κ3) is 5.30. The zero-order valence-corrected chi connectivity index (χ0v) is 15.6. The third-order valence-electron chi connectivity index (χ3n) is 3.47. The number of nitrogens with one attached hydrogen (secondary N) is 1. The van der Waals surface area contributed by atoms with E-state index in [9.17, 15) is 8.42 Å². The van der Waals surface area contributed by atoms with Crippen LogP contribution in [0.5, 0.6) is 0 Å². The smallest absolute Gasteiger partial charge is 0.281 e. The molecule has 1 aliphatic rings. The highest BCUT2D eigenvalue weighted by atomic mass is 79.9. The van der Waals surface area contributed by atoms with Gasteiger partial charge in [0, 0.05) is 33.2 Å². The molecule has 1 aliphatic carbocycles. The predicted octanol–water partition coefficient (Wildman–Crippen LogP) is 2.26. The molecule has 1 aromatic rings. The predicted molar refractivity (Wildman–Crippen MR) is 90.7 cm³/mol. The first-order valence-electron chi connectivity index (χ1n) is 7.03. The lowest BCUT2D eigenvalue weighted by Gasteiger charge is -2.24. The van der Waals surface area contributed by atoms with E-state index in [-0.39, 0.29) is 0 Å². The van der Waals surface area contributed by atoms with Crippen molar-refractivity contribution in [1.29, 1.82) is 0 Å². The highest BCUT2D eigenvalue weighted by Gasteiger charge is 2.24. The Balaban J connectivity index is 1.79. The molecule has 0 radical (unpaired) electrons. The van der Waals surface area contributed by atoms with Gasteiger partial charge in [-0.05, 0) is 58.7 Å². The van der Waals surface area contributed by atoms with Crippen LogP contribution in [0.15, 0.2) is 15.2 Å². The molecule has 0 aliphatic heterocycles. The number of rotatable bonds is 9. The summed E-state index contributed by atoms with van der Waals surface area (Å²) in [6.45, 7) is 1.82. The molecule has 1 N–H and O–H groups in total. The van der Waals surface area contributed by atoms with Crippen molar-refractivity contribution >= 4 is 37.5 Å². The fraction of sp³-hybridized carbons (Fsp3) is 0.692. The standard InChI is InChI=1S/C13H22BrN3O2S2/c1-16(7-3-6-15-12-4-5-12)21(18,19)17(2)9-11-8-13(14)20-10-11/h8,10,12,15H,3-7,9H2,1-2H3. The average molecular weight is 396 g/mol. The SMILES string of the molecule is CN(CCCNC1CC1)S(=O)(=O)N(C)Cc1csc(Br)c1. The molecule has 8 heteroatoms. The summed E-state index contributed by atoms with van der Waals surface area (Å²) in [6, 6.07) is 2.63. The van der Waals surface area contributed by atoms with Gasteiger partial charge in [0.05, 0.1) is 3.79 Å². The molecule has 2 rings (SSSR count). The summed E-state index contributed by atoms with van der Waals surface area (Å²) in [7, 11) is -0.115. The topological polar surface area (TPSA) is 52.7 Å². The van der Waals surface area contributed by atoms with E-state index in [2.05, 4.69) is 21.2 Å². The molecule has 1 aromatic heterocycles. The summed E-state index contributed by atoms with van der Waals surface area (Å²) in [6.07, 6.45) is 3.35. The number of hydrogen-bond donors (Lipinski definition) is 1. The van der Waals surface area contributed by atoms with Crippen molar-refractivity contribution in [1.82, 2.24) is 13.9 Å². The lowest BCUT2D eigenvalue weighted by molar-refractivity contribution is 0.384. The molecule has 0 spiro atoms. The van der Waals surface area contributed by atoms with Gasteiger partial charge in [-0.15, -0.1) is 11.3 Å². The van der Waals surface area contributed by atoms with Crippen LogP contribution in [0.1, 0.15) is 24.8 Å². The van der Waals surface area contributed by atoms with Gasteiger partial charge in [-0.25, -0.2) is 0 Å². The van der Waals surface area contributed by atoms with Gasteiger partial charge in [0.1, 0.15) is 0 Å². The number of thiophene rings is 1. The lowest BCUT2D eigenvalue weighted by atomic mass is 10.3. The Bertz CT molecular complexity index is 558. The van der Waals surface area contributed by atoms with Crippen LogP contribution in [0.4, 0.5) is 0 Å². The first-order valence-corrected chi connectivity index (χ1v) is 10.1. The van der Waals surface area contributed by atoms with Crippen molar-refractivity contribution in [2.24, 2.45) is 0 Å². The fourth-order valence-electron chi connectivity index (χ4n) is 2.02. The Morgan fingerprint density at radius 3 is 2.67 bits per heavy atom. The van der Waals surface area contributed by atoms with Crippen LogP contribution < -0.4 is 5.32 Å². The molecule has 0 saturated heterocycles. The minimum absolute atomic E-state index is 0.398. The van der Waals surface area contributed by atoms with Crippen LogP contribution in [-0.2, 0) is 16.8 Å². The largest absolute Gasteiger partial charge is 0.314 e. The van der Waals surface area contributed by atoms with E-state index in [4.69, 9.17) is 0 Å². The molecular formula is C13H22BrN3O2S2. The Hall–Kier alpha value is 0.01000. The lowest BCUT2D eigenvalue weighted by Crippen LogP contribution is -2.40. The quantitative estimate of drug-likeness (QED) is 0.652. The molecule has 1 fully saturated rings. The van der Waals surface area contributed by atoms with Crippen molar-refractivity contribution in [3.8, 4) is 0 Å². The van der Waals surface area contributed by atoms with E-state index in [1.807, 2.05) is 11.4 Å². The van der Waals surface area contributed by atoms with Gasteiger partial charge in [0.25, 0.3) is 10.2 Å². The summed E-state index contributed by atoms with van der Waals surface area (Å²) in [5.41, 5.74) is 1.00. The summed E-state index contributed by atoms with van der Waals surface area (Å²) in [5.74, 6) is 0. The second kappa shape index (κ2) is 7.52.